The van der Waals surface area contributed by atoms with Crippen LogP contribution in [0.1, 0.15) is 24.8 Å². The first-order valence-corrected chi connectivity index (χ1v) is 11.1. The Bertz CT molecular complexity index is 1000. The highest BCUT2D eigenvalue weighted by Crippen LogP contribution is 2.26. The summed E-state index contributed by atoms with van der Waals surface area (Å²) in [4.78, 5) is 13.8. The summed E-state index contributed by atoms with van der Waals surface area (Å²) in [5, 5.41) is 27.5. The van der Waals surface area contributed by atoms with Crippen molar-refractivity contribution in [2.75, 3.05) is 45.7 Å². The molecule has 11 heteroatoms. The first-order chi connectivity index (χ1) is 16.4. The number of halogens is 2. The lowest BCUT2D eigenvalue weighted by atomic mass is 10.0. The van der Waals surface area contributed by atoms with Crippen LogP contribution in [0.25, 0.3) is 5.57 Å². The molecule has 3 rings (SSSR count). The minimum atomic E-state index is -0.761. The number of nitrogens with zero attached hydrogens (tertiary/aromatic N) is 1. The Labute approximate surface area is 197 Å². The minimum absolute atomic E-state index is 0.0662. The van der Waals surface area contributed by atoms with Gasteiger partial charge in [0.15, 0.2) is 0 Å². The van der Waals surface area contributed by atoms with E-state index in [1.165, 1.54) is 13.2 Å². The molecule has 9 nitrogen and oxygen atoms in total. The average molecular weight is 476 g/mol. The molecular formula is C23H31F2N7O2. The summed E-state index contributed by atoms with van der Waals surface area (Å²) in [5.74, 6) is -1.61. The van der Waals surface area contributed by atoms with E-state index in [1.54, 1.807) is 11.9 Å². The highest BCUT2D eigenvalue weighted by molar-refractivity contribution is 6.09. The predicted molar refractivity (Wildman–Crippen MR) is 128 cm³/mol. The first kappa shape index (κ1) is 25.2. The number of carbonyl (C=O) groups is 1. The Morgan fingerprint density at radius 1 is 1.21 bits per heavy atom. The highest BCUT2D eigenvalue weighted by atomic mass is 19.1. The predicted octanol–water partition coefficient (Wildman–Crippen LogP) is 2.63. The summed E-state index contributed by atoms with van der Waals surface area (Å²) < 4.78 is 35.0. The summed E-state index contributed by atoms with van der Waals surface area (Å²) in [6.07, 6.45) is 4.49. The standard InChI is InChI=1S/C23H31F2N7O2/c1-28-12-14(11-26)16-9-19(25)21(10-18(16)24)31-22(27)17-13-32(23(33)29-2)6-3-20(17)30-15-4-7-34-8-5-15/h9-12,15,26,28,30H,3-8,13H2,1-2H3,(H2,27,31)(H,29,33)/b14-12+,26-11?. The van der Waals surface area contributed by atoms with Crippen molar-refractivity contribution in [1.82, 2.24) is 20.9 Å². The second-order valence-corrected chi connectivity index (χ2v) is 8.06. The molecule has 1 saturated heterocycles. The van der Waals surface area contributed by atoms with Crippen molar-refractivity contribution in [2.24, 2.45) is 0 Å². The molecule has 2 aliphatic rings. The summed E-state index contributed by atoms with van der Waals surface area (Å²) in [6, 6.07) is 1.88. The number of anilines is 1. The maximum absolute atomic E-state index is 14.9. The molecule has 0 bridgehead atoms. The van der Waals surface area contributed by atoms with Gasteiger partial charge in [-0.2, -0.15) is 0 Å². The summed E-state index contributed by atoms with van der Waals surface area (Å²) in [5.41, 5.74) is 1.24. The number of hydrogen-bond acceptors (Lipinski definition) is 6. The number of urea groups is 1. The SMILES string of the molecule is CN/C=C(\C=N)c1cc(F)c(NC(=N)C2=C(NC3CCOCC3)CCN(C(=O)NC)C2)cc1F. The van der Waals surface area contributed by atoms with Crippen molar-refractivity contribution in [3.8, 4) is 0 Å². The van der Waals surface area contributed by atoms with Crippen LogP contribution in [0.5, 0.6) is 0 Å². The lowest BCUT2D eigenvalue weighted by Crippen LogP contribution is -2.47. The van der Waals surface area contributed by atoms with Crippen LogP contribution in [0.3, 0.4) is 0 Å². The van der Waals surface area contributed by atoms with Crippen molar-refractivity contribution in [1.29, 1.82) is 10.8 Å². The van der Waals surface area contributed by atoms with Crippen LogP contribution in [-0.4, -0.2) is 69.4 Å². The molecule has 1 aromatic carbocycles. The van der Waals surface area contributed by atoms with Gasteiger partial charge in [-0.15, -0.1) is 0 Å². The van der Waals surface area contributed by atoms with Crippen LogP contribution in [0.15, 0.2) is 29.6 Å². The minimum Gasteiger partial charge on any atom is -0.393 e. The van der Waals surface area contributed by atoms with E-state index in [4.69, 9.17) is 15.6 Å². The lowest BCUT2D eigenvalue weighted by molar-refractivity contribution is 0.0798. The van der Waals surface area contributed by atoms with Crippen molar-refractivity contribution in [3.63, 3.8) is 0 Å². The van der Waals surface area contributed by atoms with Crippen molar-refractivity contribution >= 4 is 29.3 Å². The third kappa shape index (κ3) is 5.90. The summed E-state index contributed by atoms with van der Waals surface area (Å²) >= 11 is 0. The monoisotopic (exact) mass is 475 g/mol. The number of carbonyl (C=O) groups excluding carboxylic acids is 1. The average Bonchev–Trinajstić information content (AvgIpc) is 2.85. The maximum Gasteiger partial charge on any atom is 0.317 e. The van der Waals surface area contributed by atoms with Gasteiger partial charge < -0.3 is 36.3 Å². The van der Waals surface area contributed by atoms with E-state index in [2.05, 4.69) is 21.3 Å². The zero-order valence-electron chi connectivity index (χ0n) is 19.4. The van der Waals surface area contributed by atoms with Gasteiger partial charge in [0.2, 0.25) is 0 Å². The normalized spacial score (nSPS) is 17.3. The fraction of sp³-hybridized carbons (Fsp3) is 0.435. The van der Waals surface area contributed by atoms with Crippen LogP contribution < -0.4 is 21.3 Å². The zero-order chi connectivity index (χ0) is 24.7. The molecule has 2 heterocycles. The van der Waals surface area contributed by atoms with E-state index in [-0.39, 0.29) is 41.3 Å². The van der Waals surface area contributed by atoms with E-state index in [1.807, 2.05) is 0 Å². The molecule has 0 spiro atoms. The van der Waals surface area contributed by atoms with Gasteiger partial charge in [-0.25, -0.2) is 13.6 Å². The molecule has 0 atom stereocenters. The van der Waals surface area contributed by atoms with E-state index in [9.17, 15) is 13.6 Å². The second kappa shape index (κ2) is 11.6. The Morgan fingerprint density at radius 2 is 1.94 bits per heavy atom. The summed E-state index contributed by atoms with van der Waals surface area (Å²) in [7, 11) is 3.14. The number of rotatable bonds is 7. The highest BCUT2D eigenvalue weighted by Gasteiger charge is 2.27. The molecule has 0 aliphatic carbocycles. The number of nitrogens with one attached hydrogen (secondary N) is 6. The number of benzene rings is 1. The molecule has 6 N–H and O–H groups in total. The Morgan fingerprint density at radius 3 is 2.59 bits per heavy atom. The number of allylic oxidation sites excluding steroid dienone is 1. The van der Waals surface area contributed by atoms with Crippen molar-refractivity contribution < 1.29 is 18.3 Å². The van der Waals surface area contributed by atoms with Crippen LogP contribution in [-0.2, 0) is 4.74 Å². The van der Waals surface area contributed by atoms with Crippen LogP contribution in [0, 0.1) is 22.5 Å². The van der Waals surface area contributed by atoms with Crippen molar-refractivity contribution in [2.45, 2.75) is 25.3 Å². The molecule has 0 radical (unpaired) electrons. The van der Waals surface area contributed by atoms with Gasteiger partial charge in [-0.1, -0.05) is 0 Å². The van der Waals surface area contributed by atoms with Crippen LogP contribution >= 0.6 is 0 Å². The molecule has 0 aromatic heterocycles. The lowest BCUT2D eigenvalue weighted by Gasteiger charge is -2.34. The molecule has 34 heavy (non-hydrogen) atoms. The van der Waals surface area contributed by atoms with Crippen LogP contribution in [0.4, 0.5) is 19.3 Å². The number of amidine groups is 1. The third-order valence-corrected chi connectivity index (χ3v) is 5.83. The van der Waals surface area contributed by atoms with Gasteiger partial charge in [0.05, 0.1) is 12.2 Å². The van der Waals surface area contributed by atoms with E-state index < -0.39 is 11.6 Å². The molecule has 1 aromatic rings. The molecule has 0 unspecified atom stereocenters. The van der Waals surface area contributed by atoms with Gasteiger partial charge in [-0.05, 0) is 18.9 Å². The quantitative estimate of drug-likeness (QED) is 0.267. The largest absolute Gasteiger partial charge is 0.393 e. The number of hydrogen-bond donors (Lipinski definition) is 6. The van der Waals surface area contributed by atoms with Crippen LogP contribution in [0.2, 0.25) is 0 Å². The van der Waals surface area contributed by atoms with Gasteiger partial charge >= 0.3 is 6.03 Å². The van der Waals surface area contributed by atoms with E-state index in [0.29, 0.717) is 31.8 Å². The number of amides is 2. The van der Waals surface area contributed by atoms with E-state index in [0.717, 1.165) is 36.9 Å². The summed E-state index contributed by atoms with van der Waals surface area (Å²) in [6.45, 7) is 1.93. The molecule has 184 valence electrons. The van der Waals surface area contributed by atoms with E-state index >= 15 is 0 Å². The Kier molecular flexibility index (Phi) is 8.58. The topological polar surface area (TPSA) is 125 Å². The fourth-order valence-electron chi connectivity index (χ4n) is 4.00. The fourth-order valence-corrected chi connectivity index (χ4v) is 4.00. The van der Waals surface area contributed by atoms with Gasteiger partial charge in [0, 0.05) is 87.2 Å². The first-order valence-electron chi connectivity index (χ1n) is 11.1. The molecule has 1 fully saturated rings. The molecular weight excluding hydrogens is 444 g/mol. The number of ether oxygens (including phenoxy) is 1. The molecule has 2 aliphatic heterocycles. The second-order valence-electron chi connectivity index (χ2n) is 8.06. The van der Waals surface area contributed by atoms with Gasteiger partial charge in [0.25, 0.3) is 0 Å². The van der Waals surface area contributed by atoms with Gasteiger partial charge in [0.1, 0.15) is 17.5 Å². The Balaban J connectivity index is 1.87. The third-order valence-electron chi connectivity index (χ3n) is 5.83. The van der Waals surface area contributed by atoms with Crippen molar-refractivity contribution in [3.05, 3.63) is 46.8 Å². The smallest absolute Gasteiger partial charge is 0.317 e. The maximum atomic E-state index is 14.9. The van der Waals surface area contributed by atoms with Gasteiger partial charge in [-0.3, -0.25) is 5.41 Å². The zero-order valence-corrected chi connectivity index (χ0v) is 19.4. The molecule has 2 amide bonds. The Hall–Kier alpha value is -3.47. The molecule has 0 saturated carbocycles.